The molecule has 0 saturated carbocycles. The van der Waals surface area contributed by atoms with E-state index in [2.05, 4.69) is 10.4 Å². The van der Waals surface area contributed by atoms with E-state index in [1.807, 2.05) is 67.6 Å². The first kappa shape index (κ1) is 16.4. The maximum atomic E-state index is 12.8. The Kier molecular flexibility index (Phi) is 4.19. The number of hydrogen-bond donors (Lipinski definition) is 1. The summed E-state index contributed by atoms with van der Waals surface area (Å²) in [5.74, 6) is -0.188. The second-order valence-corrected chi connectivity index (χ2v) is 6.45. The van der Waals surface area contributed by atoms with Crippen LogP contribution in [-0.2, 0) is 0 Å². The van der Waals surface area contributed by atoms with Crippen molar-refractivity contribution < 1.29 is 4.79 Å². The van der Waals surface area contributed by atoms with Crippen LogP contribution in [0.2, 0.25) is 5.02 Å². The van der Waals surface area contributed by atoms with Crippen LogP contribution in [0, 0.1) is 6.92 Å². The number of nitrogens with one attached hydrogen (secondary N) is 1. The molecule has 1 N–H and O–H groups in total. The van der Waals surface area contributed by atoms with Crippen molar-refractivity contribution in [2.75, 3.05) is 5.32 Å². The maximum absolute atomic E-state index is 12.8. The lowest BCUT2D eigenvalue weighted by molar-refractivity contribution is 0.102. The lowest BCUT2D eigenvalue weighted by Gasteiger charge is -2.09. The Bertz CT molecular complexity index is 1110. The first-order valence-electron chi connectivity index (χ1n) is 8.23. The fourth-order valence-corrected chi connectivity index (χ4v) is 3.21. The van der Waals surface area contributed by atoms with E-state index < -0.39 is 0 Å². The second kappa shape index (κ2) is 6.65. The number of amides is 1. The van der Waals surface area contributed by atoms with Crippen molar-refractivity contribution in [2.24, 2.45) is 0 Å². The van der Waals surface area contributed by atoms with Crippen molar-refractivity contribution in [3.63, 3.8) is 0 Å². The number of rotatable bonds is 3. The third kappa shape index (κ3) is 2.95. The zero-order chi connectivity index (χ0) is 18.1. The number of hydrogen-bond acceptors (Lipinski definition) is 2. The van der Waals surface area contributed by atoms with Gasteiger partial charge in [-0.05, 0) is 36.6 Å². The summed E-state index contributed by atoms with van der Waals surface area (Å²) < 4.78 is 1.71. The highest BCUT2D eigenvalue weighted by atomic mass is 35.5. The van der Waals surface area contributed by atoms with Crippen LogP contribution in [0.4, 0.5) is 5.69 Å². The number of carbonyl (C=O) groups excluding carboxylic acids is 1. The molecule has 0 aliphatic carbocycles. The summed E-state index contributed by atoms with van der Waals surface area (Å²) in [5, 5.41) is 10.1. The van der Waals surface area contributed by atoms with Crippen LogP contribution in [0.25, 0.3) is 16.5 Å². The molecule has 5 heteroatoms. The van der Waals surface area contributed by atoms with Crippen molar-refractivity contribution in [1.82, 2.24) is 9.78 Å². The minimum Gasteiger partial charge on any atom is -0.321 e. The van der Waals surface area contributed by atoms with Gasteiger partial charge in [0.05, 0.1) is 23.1 Å². The van der Waals surface area contributed by atoms with Gasteiger partial charge in [0.2, 0.25) is 0 Å². The van der Waals surface area contributed by atoms with Gasteiger partial charge in [-0.15, -0.1) is 0 Å². The van der Waals surface area contributed by atoms with E-state index in [4.69, 9.17) is 11.6 Å². The summed E-state index contributed by atoms with van der Waals surface area (Å²) in [6.45, 7) is 1.87. The van der Waals surface area contributed by atoms with Crippen molar-refractivity contribution in [3.05, 3.63) is 89.2 Å². The predicted octanol–water partition coefficient (Wildman–Crippen LogP) is 5.24. The number of nitrogens with zero attached hydrogens (tertiary/aromatic N) is 2. The van der Waals surface area contributed by atoms with Gasteiger partial charge in [0.25, 0.3) is 5.91 Å². The van der Waals surface area contributed by atoms with E-state index in [1.165, 1.54) is 0 Å². The molecule has 1 amide bonds. The predicted molar refractivity (Wildman–Crippen MR) is 105 cm³/mol. The molecule has 1 heterocycles. The molecule has 0 saturated heterocycles. The molecular weight excluding hydrogens is 346 g/mol. The molecule has 0 bridgehead atoms. The molecule has 26 heavy (non-hydrogen) atoms. The quantitative estimate of drug-likeness (QED) is 0.542. The molecule has 4 aromatic rings. The smallest absolute Gasteiger partial charge is 0.259 e. The summed E-state index contributed by atoms with van der Waals surface area (Å²) in [4.78, 5) is 12.8. The van der Waals surface area contributed by atoms with Crippen LogP contribution in [0.5, 0.6) is 0 Å². The summed E-state index contributed by atoms with van der Waals surface area (Å²) in [7, 11) is 0. The second-order valence-electron chi connectivity index (χ2n) is 6.02. The highest BCUT2D eigenvalue weighted by Gasteiger charge is 2.16. The van der Waals surface area contributed by atoms with Crippen LogP contribution in [0.3, 0.4) is 0 Å². The molecule has 0 spiro atoms. The fraction of sp³-hybridized carbons (Fsp3) is 0.0476. The Hall–Kier alpha value is -3.11. The molecule has 1 aromatic heterocycles. The average molecular weight is 362 g/mol. The first-order chi connectivity index (χ1) is 12.6. The lowest BCUT2D eigenvalue weighted by Crippen LogP contribution is -2.13. The van der Waals surface area contributed by atoms with E-state index >= 15 is 0 Å². The van der Waals surface area contributed by atoms with Crippen LogP contribution in [0.15, 0.2) is 72.9 Å². The molecule has 0 aliphatic rings. The molecule has 4 rings (SSSR count). The van der Waals surface area contributed by atoms with Gasteiger partial charge in [0.15, 0.2) is 0 Å². The summed E-state index contributed by atoms with van der Waals surface area (Å²) in [5.41, 5.74) is 2.88. The monoisotopic (exact) mass is 361 g/mol. The summed E-state index contributed by atoms with van der Waals surface area (Å²) in [6.07, 6.45) is 1.58. The van der Waals surface area contributed by atoms with Crippen molar-refractivity contribution in [3.8, 4) is 5.69 Å². The molecular formula is C21H16ClN3O. The van der Waals surface area contributed by atoms with Crippen molar-refractivity contribution in [2.45, 2.75) is 6.92 Å². The van der Waals surface area contributed by atoms with E-state index in [9.17, 15) is 4.79 Å². The number of benzene rings is 3. The standard InChI is InChI=1S/C21H16ClN3O/c1-14-19(13-23-25(14)17-9-5-8-16(22)12-17)21(26)24-20-11-4-7-15-6-2-3-10-18(15)20/h2-13H,1H3,(H,24,26). The van der Waals surface area contributed by atoms with Crippen molar-refractivity contribution in [1.29, 1.82) is 0 Å². The van der Waals surface area contributed by atoms with Crippen LogP contribution in [-0.4, -0.2) is 15.7 Å². The molecule has 4 nitrogen and oxygen atoms in total. The van der Waals surface area contributed by atoms with Gasteiger partial charge in [-0.1, -0.05) is 54.1 Å². The van der Waals surface area contributed by atoms with Gasteiger partial charge in [0, 0.05) is 16.1 Å². The third-order valence-corrected chi connectivity index (χ3v) is 4.58. The normalized spacial score (nSPS) is 10.8. The molecule has 3 aromatic carbocycles. The van der Waals surface area contributed by atoms with Crippen LogP contribution >= 0.6 is 11.6 Å². The number of fused-ring (bicyclic) bond motifs is 1. The molecule has 0 atom stereocenters. The SMILES string of the molecule is Cc1c(C(=O)Nc2cccc3ccccc23)cnn1-c1cccc(Cl)c1. The minimum atomic E-state index is -0.188. The van der Waals surface area contributed by atoms with E-state index in [-0.39, 0.29) is 5.91 Å². The zero-order valence-corrected chi connectivity index (χ0v) is 14.9. The van der Waals surface area contributed by atoms with Gasteiger partial charge >= 0.3 is 0 Å². The third-order valence-electron chi connectivity index (χ3n) is 4.35. The highest BCUT2D eigenvalue weighted by Crippen LogP contribution is 2.24. The lowest BCUT2D eigenvalue weighted by atomic mass is 10.1. The fourth-order valence-electron chi connectivity index (χ4n) is 3.02. The largest absolute Gasteiger partial charge is 0.321 e. The van der Waals surface area contributed by atoms with Gasteiger partial charge in [0.1, 0.15) is 0 Å². The topological polar surface area (TPSA) is 46.9 Å². The van der Waals surface area contributed by atoms with Crippen LogP contribution < -0.4 is 5.32 Å². The van der Waals surface area contributed by atoms with Crippen molar-refractivity contribution >= 4 is 34.0 Å². The summed E-state index contributed by atoms with van der Waals surface area (Å²) >= 11 is 6.06. The maximum Gasteiger partial charge on any atom is 0.259 e. The summed E-state index contributed by atoms with van der Waals surface area (Å²) in [6, 6.07) is 21.2. The first-order valence-corrected chi connectivity index (χ1v) is 8.61. The Labute approximate surface area is 156 Å². The highest BCUT2D eigenvalue weighted by molar-refractivity contribution is 6.30. The number of halogens is 1. The Morgan fingerprint density at radius 3 is 2.65 bits per heavy atom. The van der Waals surface area contributed by atoms with Gasteiger partial charge in [-0.2, -0.15) is 5.10 Å². The van der Waals surface area contributed by atoms with Crippen LogP contribution in [0.1, 0.15) is 16.1 Å². The van der Waals surface area contributed by atoms with E-state index in [1.54, 1.807) is 16.9 Å². The Balaban J connectivity index is 1.67. The zero-order valence-electron chi connectivity index (χ0n) is 14.1. The number of aromatic nitrogens is 2. The van der Waals surface area contributed by atoms with Gasteiger partial charge in [-0.25, -0.2) is 4.68 Å². The molecule has 0 unspecified atom stereocenters. The number of anilines is 1. The molecule has 0 fully saturated rings. The van der Waals surface area contributed by atoms with E-state index in [0.29, 0.717) is 10.6 Å². The van der Waals surface area contributed by atoms with E-state index in [0.717, 1.165) is 27.8 Å². The minimum absolute atomic E-state index is 0.188. The van der Waals surface area contributed by atoms with Gasteiger partial charge < -0.3 is 5.32 Å². The van der Waals surface area contributed by atoms with Gasteiger partial charge in [-0.3, -0.25) is 4.79 Å². The average Bonchev–Trinajstić information content (AvgIpc) is 3.03. The molecule has 0 radical (unpaired) electrons. The Morgan fingerprint density at radius 1 is 1.04 bits per heavy atom. The molecule has 0 aliphatic heterocycles. The Morgan fingerprint density at radius 2 is 1.81 bits per heavy atom. The molecule has 128 valence electrons. The number of carbonyl (C=O) groups is 1.